The van der Waals surface area contributed by atoms with Gasteiger partial charge >= 0.3 is 0 Å². The summed E-state index contributed by atoms with van der Waals surface area (Å²) in [5.41, 5.74) is 5.74. The number of hydrogen-bond acceptors (Lipinski definition) is 4. The fraction of sp³-hybridized carbons (Fsp3) is 0.105. The van der Waals surface area contributed by atoms with E-state index in [2.05, 4.69) is 21.2 Å². The maximum absolute atomic E-state index is 12.9. The SMILES string of the molecule is NCCNC(=O)c1ccc(S(=O)(=O)c2ccc3cc(Br)ccc3c2)cc1. The van der Waals surface area contributed by atoms with Gasteiger partial charge in [-0.3, -0.25) is 4.79 Å². The molecule has 7 heteroatoms. The summed E-state index contributed by atoms with van der Waals surface area (Å²) >= 11 is 3.40. The summed E-state index contributed by atoms with van der Waals surface area (Å²) in [5.74, 6) is -0.282. The molecular formula is C19H17BrN2O3S. The molecule has 3 aromatic carbocycles. The second-order valence-electron chi connectivity index (χ2n) is 5.73. The van der Waals surface area contributed by atoms with Crippen LogP contribution in [0.15, 0.2) is 74.9 Å². The third-order valence-electron chi connectivity index (χ3n) is 3.94. The first-order chi connectivity index (χ1) is 12.4. The van der Waals surface area contributed by atoms with Gasteiger partial charge in [-0.15, -0.1) is 0 Å². The van der Waals surface area contributed by atoms with Gasteiger partial charge in [0, 0.05) is 23.1 Å². The minimum absolute atomic E-state index is 0.143. The minimum atomic E-state index is -3.66. The molecule has 0 aliphatic heterocycles. The van der Waals surface area contributed by atoms with E-state index in [0.717, 1.165) is 15.2 Å². The molecule has 0 spiro atoms. The molecule has 3 N–H and O–H groups in total. The van der Waals surface area contributed by atoms with Gasteiger partial charge in [0.05, 0.1) is 9.79 Å². The van der Waals surface area contributed by atoms with Crippen molar-refractivity contribution in [3.05, 3.63) is 70.7 Å². The number of nitrogens with one attached hydrogen (secondary N) is 1. The smallest absolute Gasteiger partial charge is 0.251 e. The Morgan fingerprint density at radius 1 is 0.923 bits per heavy atom. The van der Waals surface area contributed by atoms with Crippen LogP contribution in [0.3, 0.4) is 0 Å². The standard InChI is InChI=1S/C19H17BrN2O3S/c20-16-5-1-15-12-18(8-4-14(15)11-16)26(24,25)17-6-2-13(3-7-17)19(23)22-10-9-21/h1-8,11-12H,9-10,21H2,(H,22,23). The van der Waals surface area contributed by atoms with Crippen molar-refractivity contribution in [1.29, 1.82) is 0 Å². The summed E-state index contributed by atoms with van der Waals surface area (Å²) in [6.45, 7) is 0.711. The fourth-order valence-corrected chi connectivity index (χ4v) is 4.25. The number of rotatable bonds is 5. The van der Waals surface area contributed by atoms with Gasteiger partial charge in [-0.1, -0.05) is 28.1 Å². The molecule has 0 fully saturated rings. The third kappa shape index (κ3) is 3.80. The van der Waals surface area contributed by atoms with Crippen molar-refractivity contribution in [1.82, 2.24) is 5.32 Å². The first-order valence-corrected chi connectivity index (χ1v) is 10.2. The van der Waals surface area contributed by atoms with Crippen LogP contribution >= 0.6 is 15.9 Å². The third-order valence-corrected chi connectivity index (χ3v) is 6.20. The number of nitrogens with two attached hydrogens (primary N) is 1. The Bertz CT molecular complexity index is 1060. The lowest BCUT2D eigenvalue weighted by atomic mass is 10.1. The average molecular weight is 433 g/mol. The molecule has 3 rings (SSSR count). The number of sulfone groups is 1. The summed E-state index contributed by atoms with van der Waals surface area (Å²) in [4.78, 5) is 12.2. The maximum atomic E-state index is 12.9. The Balaban J connectivity index is 1.92. The second kappa shape index (κ2) is 7.57. The van der Waals surface area contributed by atoms with E-state index < -0.39 is 9.84 Å². The van der Waals surface area contributed by atoms with Crippen molar-refractivity contribution in [2.75, 3.05) is 13.1 Å². The van der Waals surface area contributed by atoms with Gasteiger partial charge in [-0.2, -0.15) is 0 Å². The molecule has 0 saturated heterocycles. The van der Waals surface area contributed by atoms with Gasteiger partial charge < -0.3 is 11.1 Å². The summed E-state index contributed by atoms with van der Waals surface area (Å²) in [5, 5.41) is 4.44. The highest BCUT2D eigenvalue weighted by atomic mass is 79.9. The number of halogens is 1. The number of carbonyl (C=O) groups excluding carboxylic acids is 1. The number of carbonyl (C=O) groups is 1. The quantitative estimate of drug-likeness (QED) is 0.647. The van der Waals surface area contributed by atoms with E-state index in [1.54, 1.807) is 18.2 Å². The Morgan fingerprint density at radius 2 is 1.54 bits per heavy atom. The molecule has 1 amide bonds. The zero-order valence-electron chi connectivity index (χ0n) is 13.8. The Hall–Kier alpha value is -2.22. The molecule has 0 bridgehead atoms. The lowest BCUT2D eigenvalue weighted by Crippen LogP contribution is -2.28. The number of hydrogen-bond donors (Lipinski definition) is 2. The van der Waals surface area contributed by atoms with Crippen LogP contribution < -0.4 is 11.1 Å². The summed E-state index contributed by atoms with van der Waals surface area (Å²) < 4.78 is 26.7. The molecular weight excluding hydrogens is 416 g/mol. The second-order valence-corrected chi connectivity index (χ2v) is 8.59. The molecule has 0 aliphatic rings. The van der Waals surface area contributed by atoms with Gasteiger partial charge in [0.2, 0.25) is 9.84 Å². The molecule has 0 unspecified atom stereocenters. The summed E-state index contributed by atoms with van der Waals surface area (Å²) in [6, 6.07) is 16.6. The van der Waals surface area contributed by atoms with Gasteiger partial charge in [0.1, 0.15) is 0 Å². The van der Waals surface area contributed by atoms with Crippen LogP contribution in [0.2, 0.25) is 0 Å². The van der Waals surface area contributed by atoms with E-state index in [1.165, 1.54) is 24.3 Å². The van der Waals surface area contributed by atoms with Crippen molar-refractivity contribution in [3.8, 4) is 0 Å². The molecule has 0 heterocycles. The molecule has 0 radical (unpaired) electrons. The maximum Gasteiger partial charge on any atom is 0.251 e. The van der Waals surface area contributed by atoms with E-state index in [1.807, 2.05) is 18.2 Å². The van der Waals surface area contributed by atoms with Crippen LogP contribution in [-0.4, -0.2) is 27.4 Å². The molecule has 0 saturated carbocycles. The van der Waals surface area contributed by atoms with Crippen molar-refractivity contribution in [3.63, 3.8) is 0 Å². The van der Waals surface area contributed by atoms with Crippen molar-refractivity contribution < 1.29 is 13.2 Å². The highest BCUT2D eigenvalue weighted by molar-refractivity contribution is 9.10. The average Bonchev–Trinajstić information content (AvgIpc) is 2.65. The van der Waals surface area contributed by atoms with Gasteiger partial charge in [0.25, 0.3) is 5.91 Å². The predicted octanol–water partition coefficient (Wildman–Crippen LogP) is 3.12. The lowest BCUT2D eigenvalue weighted by molar-refractivity contribution is 0.0954. The number of fused-ring (bicyclic) bond motifs is 1. The van der Waals surface area contributed by atoms with Crippen LogP contribution in [0.5, 0.6) is 0 Å². The molecule has 5 nitrogen and oxygen atoms in total. The molecule has 26 heavy (non-hydrogen) atoms. The molecule has 0 aliphatic carbocycles. The lowest BCUT2D eigenvalue weighted by Gasteiger charge is -2.08. The number of amides is 1. The highest BCUT2D eigenvalue weighted by Gasteiger charge is 2.18. The van der Waals surface area contributed by atoms with Crippen LogP contribution in [0.4, 0.5) is 0 Å². The Labute approximate surface area is 160 Å². The Kier molecular flexibility index (Phi) is 5.41. The van der Waals surface area contributed by atoms with E-state index in [0.29, 0.717) is 18.7 Å². The first kappa shape index (κ1) is 18.6. The monoisotopic (exact) mass is 432 g/mol. The summed E-state index contributed by atoms with van der Waals surface area (Å²) in [6.07, 6.45) is 0. The highest BCUT2D eigenvalue weighted by Crippen LogP contribution is 2.26. The van der Waals surface area contributed by atoms with Crippen LogP contribution in [0.25, 0.3) is 10.8 Å². The minimum Gasteiger partial charge on any atom is -0.351 e. The number of benzene rings is 3. The van der Waals surface area contributed by atoms with Gasteiger partial charge in [0.15, 0.2) is 0 Å². The molecule has 134 valence electrons. The Morgan fingerprint density at radius 3 is 2.23 bits per heavy atom. The van der Waals surface area contributed by atoms with Crippen molar-refractivity contribution in [2.24, 2.45) is 5.73 Å². The van der Waals surface area contributed by atoms with E-state index >= 15 is 0 Å². The van der Waals surface area contributed by atoms with Crippen molar-refractivity contribution in [2.45, 2.75) is 9.79 Å². The van der Waals surface area contributed by atoms with Gasteiger partial charge in [-0.25, -0.2) is 8.42 Å². The van der Waals surface area contributed by atoms with Gasteiger partial charge in [-0.05, 0) is 59.3 Å². The van der Waals surface area contributed by atoms with E-state index in [9.17, 15) is 13.2 Å². The topological polar surface area (TPSA) is 89.3 Å². The van der Waals surface area contributed by atoms with E-state index in [4.69, 9.17) is 5.73 Å². The molecule has 3 aromatic rings. The van der Waals surface area contributed by atoms with Crippen LogP contribution in [0, 0.1) is 0 Å². The van der Waals surface area contributed by atoms with E-state index in [-0.39, 0.29) is 15.7 Å². The summed E-state index contributed by atoms with van der Waals surface area (Å²) in [7, 11) is -3.66. The van der Waals surface area contributed by atoms with Crippen LogP contribution in [-0.2, 0) is 9.84 Å². The van der Waals surface area contributed by atoms with Crippen molar-refractivity contribution >= 4 is 42.4 Å². The fourth-order valence-electron chi connectivity index (χ4n) is 2.57. The van der Waals surface area contributed by atoms with Crippen LogP contribution in [0.1, 0.15) is 10.4 Å². The first-order valence-electron chi connectivity index (χ1n) is 7.94. The normalized spacial score (nSPS) is 11.5. The molecule has 0 aromatic heterocycles. The predicted molar refractivity (Wildman–Crippen MR) is 105 cm³/mol. The zero-order chi connectivity index (χ0) is 18.7. The zero-order valence-corrected chi connectivity index (χ0v) is 16.2. The molecule has 0 atom stereocenters. The largest absolute Gasteiger partial charge is 0.351 e.